The van der Waals surface area contributed by atoms with Gasteiger partial charge in [-0.05, 0) is 63.7 Å². The number of hydrogen-bond donors (Lipinski definition) is 3. The first kappa shape index (κ1) is 19.2. The number of benzene rings is 1. The van der Waals surface area contributed by atoms with E-state index < -0.39 is 0 Å². The van der Waals surface area contributed by atoms with Crippen molar-refractivity contribution in [1.82, 2.24) is 24.9 Å². The van der Waals surface area contributed by atoms with Gasteiger partial charge in [0.2, 0.25) is 0 Å². The molecule has 29 heavy (non-hydrogen) atoms. The Morgan fingerprint density at radius 1 is 1.21 bits per heavy atom. The Kier molecular flexibility index (Phi) is 5.35. The first-order valence-corrected chi connectivity index (χ1v) is 9.89. The molecule has 1 aliphatic heterocycles. The van der Waals surface area contributed by atoms with E-state index in [-0.39, 0.29) is 5.91 Å². The summed E-state index contributed by atoms with van der Waals surface area (Å²) in [4.78, 5) is 15.1. The van der Waals surface area contributed by atoms with Gasteiger partial charge in [-0.15, -0.1) is 0 Å². The number of aromatic amines is 1. The summed E-state index contributed by atoms with van der Waals surface area (Å²) in [5.74, 6) is -0.216. The SMILES string of the molecule is Cc1ccc(NC2CCN(C)CC2)cc1NC(=O)c1cc(-c2cnn(C)c2)n[nH]1. The Labute approximate surface area is 170 Å². The number of rotatable bonds is 5. The molecule has 2 aromatic heterocycles. The molecule has 4 rings (SSSR count). The fourth-order valence-electron chi connectivity index (χ4n) is 3.56. The average molecular weight is 393 g/mol. The van der Waals surface area contributed by atoms with E-state index in [2.05, 4.69) is 43.9 Å². The minimum absolute atomic E-state index is 0.216. The van der Waals surface area contributed by atoms with E-state index in [0.29, 0.717) is 17.4 Å². The van der Waals surface area contributed by atoms with Crippen molar-refractivity contribution in [2.45, 2.75) is 25.8 Å². The fourth-order valence-corrected chi connectivity index (χ4v) is 3.56. The lowest BCUT2D eigenvalue weighted by atomic mass is 10.0. The van der Waals surface area contributed by atoms with Crippen LogP contribution in [0.4, 0.5) is 11.4 Å². The lowest BCUT2D eigenvalue weighted by Gasteiger charge is -2.30. The Balaban J connectivity index is 1.44. The maximum absolute atomic E-state index is 12.7. The molecule has 3 heterocycles. The van der Waals surface area contributed by atoms with Gasteiger partial charge in [-0.25, -0.2) is 0 Å². The van der Waals surface area contributed by atoms with Gasteiger partial charge in [-0.1, -0.05) is 6.07 Å². The van der Waals surface area contributed by atoms with Gasteiger partial charge >= 0.3 is 0 Å². The van der Waals surface area contributed by atoms with Crippen molar-refractivity contribution in [3.05, 3.63) is 47.9 Å². The third-order valence-corrected chi connectivity index (χ3v) is 5.40. The summed E-state index contributed by atoms with van der Waals surface area (Å²) in [7, 11) is 4.00. The van der Waals surface area contributed by atoms with Crippen molar-refractivity contribution in [1.29, 1.82) is 0 Å². The molecule has 1 amide bonds. The van der Waals surface area contributed by atoms with Crippen LogP contribution in [0.25, 0.3) is 11.3 Å². The summed E-state index contributed by atoms with van der Waals surface area (Å²) in [6, 6.07) is 8.31. The number of likely N-dealkylation sites (tertiary alicyclic amines) is 1. The lowest BCUT2D eigenvalue weighted by Crippen LogP contribution is -2.36. The third-order valence-electron chi connectivity index (χ3n) is 5.40. The van der Waals surface area contributed by atoms with Crippen molar-refractivity contribution in [2.75, 3.05) is 30.8 Å². The highest BCUT2D eigenvalue weighted by molar-refractivity contribution is 6.04. The molecule has 8 nitrogen and oxygen atoms in total. The number of aryl methyl sites for hydroxylation is 2. The Hall–Kier alpha value is -3.13. The number of aromatic nitrogens is 4. The van der Waals surface area contributed by atoms with Crippen LogP contribution in [0.3, 0.4) is 0 Å². The molecule has 152 valence electrons. The predicted octanol–water partition coefficient (Wildman–Crippen LogP) is 2.88. The Bertz CT molecular complexity index is 998. The molecule has 0 bridgehead atoms. The van der Waals surface area contributed by atoms with Gasteiger partial charge < -0.3 is 15.5 Å². The van der Waals surface area contributed by atoms with E-state index in [1.54, 1.807) is 16.9 Å². The van der Waals surface area contributed by atoms with Gasteiger partial charge in [0.25, 0.3) is 5.91 Å². The lowest BCUT2D eigenvalue weighted by molar-refractivity contribution is 0.102. The zero-order chi connectivity index (χ0) is 20.4. The number of anilines is 2. The first-order chi connectivity index (χ1) is 14.0. The molecular formula is C21H27N7O. The monoisotopic (exact) mass is 393 g/mol. The highest BCUT2D eigenvalue weighted by atomic mass is 16.1. The number of H-pyrrole nitrogens is 1. The summed E-state index contributed by atoms with van der Waals surface area (Å²) in [6.07, 6.45) is 5.83. The van der Waals surface area contributed by atoms with Crippen LogP contribution in [-0.2, 0) is 7.05 Å². The molecule has 0 saturated carbocycles. The smallest absolute Gasteiger partial charge is 0.273 e. The van der Waals surface area contributed by atoms with Crippen molar-refractivity contribution in [2.24, 2.45) is 7.05 Å². The van der Waals surface area contributed by atoms with Crippen LogP contribution in [0.1, 0.15) is 28.9 Å². The van der Waals surface area contributed by atoms with E-state index in [1.165, 1.54) is 0 Å². The van der Waals surface area contributed by atoms with Crippen LogP contribution in [0, 0.1) is 6.92 Å². The van der Waals surface area contributed by atoms with Gasteiger partial charge in [0.05, 0.1) is 11.9 Å². The number of carbonyl (C=O) groups excluding carboxylic acids is 1. The van der Waals surface area contributed by atoms with Crippen LogP contribution in [0.5, 0.6) is 0 Å². The molecule has 3 aromatic rings. The van der Waals surface area contributed by atoms with Crippen molar-refractivity contribution < 1.29 is 4.79 Å². The second-order valence-electron chi connectivity index (χ2n) is 7.78. The molecule has 3 N–H and O–H groups in total. The molecular weight excluding hydrogens is 366 g/mol. The molecule has 0 radical (unpaired) electrons. The zero-order valence-electron chi connectivity index (χ0n) is 17.1. The number of piperidine rings is 1. The van der Waals surface area contributed by atoms with Gasteiger partial charge in [-0.2, -0.15) is 10.2 Å². The summed E-state index contributed by atoms with van der Waals surface area (Å²) < 4.78 is 1.70. The van der Waals surface area contributed by atoms with Crippen LogP contribution in [-0.4, -0.2) is 57.0 Å². The van der Waals surface area contributed by atoms with Gasteiger partial charge in [-0.3, -0.25) is 14.6 Å². The summed E-state index contributed by atoms with van der Waals surface area (Å²) in [6.45, 7) is 4.20. The first-order valence-electron chi connectivity index (χ1n) is 9.89. The van der Waals surface area contributed by atoms with E-state index >= 15 is 0 Å². The van der Waals surface area contributed by atoms with Crippen molar-refractivity contribution >= 4 is 17.3 Å². The number of carbonyl (C=O) groups is 1. The predicted molar refractivity (Wildman–Crippen MR) is 114 cm³/mol. The summed E-state index contributed by atoms with van der Waals surface area (Å²) in [5, 5.41) is 17.8. The molecule has 0 aliphatic carbocycles. The van der Waals surface area contributed by atoms with Crippen LogP contribution < -0.4 is 10.6 Å². The molecule has 0 spiro atoms. The summed E-state index contributed by atoms with van der Waals surface area (Å²) in [5.41, 5.74) is 4.81. The molecule has 0 unspecified atom stereocenters. The van der Waals surface area contributed by atoms with Crippen molar-refractivity contribution in [3.8, 4) is 11.3 Å². The Morgan fingerprint density at radius 2 is 2.00 bits per heavy atom. The maximum Gasteiger partial charge on any atom is 0.273 e. The van der Waals surface area contributed by atoms with Gasteiger partial charge in [0, 0.05) is 36.2 Å². The topological polar surface area (TPSA) is 90.9 Å². The second kappa shape index (κ2) is 8.08. The van der Waals surface area contributed by atoms with E-state index in [9.17, 15) is 4.79 Å². The largest absolute Gasteiger partial charge is 0.382 e. The number of nitrogens with one attached hydrogen (secondary N) is 3. The number of amides is 1. The number of nitrogens with zero attached hydrogens (tertiary/aromatic N) is 4. The van der Waals surface area contributed by atoms with E-state index in [1.807, 2.05) is 32.3 Å². The van der Waals surface area contributed by atoms with Crippen molar-refractivity contribution in [3.63, 3.8) is 0 Å². The molecule has 0 atom stereocenters. The second-order valence-corrected chi connectivity index (χ2v) is 7.78. The minimum atomic E-state index is -0.216. The fraction of sp³-hybridized carbons (Fsp3) is 0.381. The normalized spacial score (nSPS) is 15.4. The highest BCUT2D eigenvalue weighted by Crippen LogP contribution is 2.24. The zero-order valence-corrected chi connectivity index (χ0v) is 17.1. The molecule has 1 saturated heterocycles. The number of hydrogen-bond acceptors (Lipinski definition) is 5. The van der Waals surface area contributed by atoms with Crippen LogP contribution in [0.2, 0.25) is 0 Å². The molecule has 8 heteroatoms. The summed E-state index contributed by atoms with van der Waals surface area (Å²) >= 11 is 0. The standard InChI is InChI=1S/C21H27N7O/c1-14-4-5-17(23-16-6-8-27(2)9-7-16)10-18(14)24-21(29)20-11-19(25-26-20)15-12-22-28(3)13-15/h4-5,10-13,16,23H,6-9H2,1-3H3,(H,24,29)(H,25,26). The molecule has 1 aromatic carbocycles. The molecule has 1 aliphatic rings. The van der Waals surface area contributed by atoms with Gasteiger partial charge in [0.15, 0.2) is 0 Å². The van der Waals surface area contributed by atoms with Crippen LogP contribution in [0.15, 0.2) is 36.7 Å². The Morgan fingerprint density at radius 3 is 2.72 bits per heavy atom. The van der Waals surface area contributed by atoms with E-state index in [0.717, 1.165) is 48.4 Å². The van der Waals surface area contributed by atoms with E-state index in [4.69, 9.17) is 0 Å². The maximum atomic E-state index is 12.7. The van der Waals surface area contributed by atoms with Crippen LogP contribution >= 0.6 is 0 Å². The minimum Gasteiger partial charge on any atom is -0.382 e. The highest BCUT2D eigenvalue weighted by Gasteiger charge is 2.17. The average Bonchev–Trinajstić information content (AvgIpc) is 3.35. The molecule has 1 fully saturated rings. The third kappa shape index (κ3) is 4.48. The quantitative estimate of drug-likeness (QED) is 0.620. The van der Waals surface area contributed by atoms with Gasteiger partial charge in [0.1, 0.15) is 5.69 Å².